The molecule has 0 saturated carbocycles. The first kappa shape index (κ1) is 25.8. The Hall–Kier alpha value is -4.24. The molecule has 37 heavy (non-hydrogen) atoms. The first-order valence-corrected chi connectivity index (χ1v) is 12.7. The van der Waals surface area contributed by atoms with Crippen molar-refractivity contribution >= 4 is 34.1 Å². The summed E-state index contributed by atoms with van der Waals surface area (Å²) < 4.78 is 0. The van der Waals surface area contributed by atoms with E-state index in [2.05, 4.69) is 49.2 Å². The Labute approximate surface area is 220 Å². The number of hydrogen-bond donors (Lipinski definition) is 3. The van der Waals surface area contributed by atoms with Crippen LogP contribution in [0.2, 0.25) is 0 Å². The number of hydrogen-bond acceptors (Lipinski definition) is 6. The highest BCUT2D eigenvalue weighted by molar-refractivity contribution is 7.14. The molecule has 0 unspecified atom stereocenters. The lowest BCUT2D eigenvalue weighted by molar-refractivity contribution is -0.115. The number of nitrogens with one attached hydrogen (secondary N) is 3. The number of likely N-dealkylation sites (N-methyl/N-ethyl adjacent to an activating group) is 1. The molecule has 190 valence electrons. The van der Waals surface area contributed by atoms with E-state index < -0.39 is 0 Å². The predicted molar refractivity (Wildman–Crippen MR) is 150 cm³/mol. The monoisotopic (exact) mass is 514 g/mol. The van der Waals surface area contributed by atoms with Crippen LogP contribution in [-0.2, 0) is 4.79 Å². The molecule has 0 radical (unpaired) electrons. The van der Waals surface area contributed by atoms with Gasteiger partial charge in [-0.2, -0.15) is 0 Å². The molecule has 3 heterocycles. The Morgan fingerprint density at radius 3 is 2.62 bits per heavy atom. The summed E-state index contributed by atoms with van der Waals surface area (Å²) in [5, 5.41) is 7.79. The number of aromatic amines is 1. The van der Waals surface area contributed by atoms with Crippen LogP contribution < -0.4 is 15.5 Å². The number of aryl methyl sites for hydroxylation is 1. The molecule has 0 fully saturated rings. The Morgan fingerprint density at radius 1 is 1.14 bits per heavy atom. The summed E-state index contributed by atoms with van der Waals surface area (Å²) in [6.45, 7) is 10.3. The van der Waals surface area contributed by atoms with Gasteiger partial charge in [0.2, 0.25) is 5.91 Å². The third kappa shape index (κ3) is 6.31. The van der Waals surface area contributed by atoms with Crippen LogP contribution >= 0.6 is 11.3 Å². The largest absolute Gasteiger partial charge is 0.364 e. The van der Waals surface area contributed by atoms with Gasteiger partial charge >= 0.3 is 0 Å². The Bertz CT molecular complexity index is 1450. The van der Waals surface area contributed by atoms with E-state index >= 15 is 0 Å². The van der Waals surface area contributed by atoms with Crippen LogP contribution in [0.3, 0.4) is 0 Å². The van der Waals surface area contributed by atoms with Crippen molar-refractivity contribution < 1.29 is 9.59 Å². The van der Waals surface area contributed by atoms with Crippen molar-refractivity contribution in [3.63, 3.8) is 0 Å². The highest BCUT2D eigenvalue weighted by Crippen LogP contribution is 2.30. The fourth-order valence-corrected chi connectivity index (χ4v) is 4.60. The molecular weight excluding hydrogens is 484 g/mol. The van der Waals surface area contributed by atoms with E-state index in [1.165, 1.54) is 11.3 Å². The number of benzene rings is 1. The van der Waals surface area contributed by atoms with E-state index in [1.807, 2.05) is 57.5 Å². The van der Waals surface area contributed by atoms with Gasteiger partial charge in [0, 0.05) is 42.6 Å². The standard InChI is InChI=1S/C28H30N6O2S/c1-17(2)15-34(5)25-12-21(9-10-29-25)20-7-6-8-22(11-20)24-16-37-28(32-24)33-26(35)14-31-27(36)23-13-30-19(4)18(23)3/h6-13,16,30H,1,14-15H2,2-5H3,(H,31,36)(H,32,33,35). The Balaban J connectivity index is 1.41. The van der Waals surface area contributed by atoms with Crippen molar-refractivity contribution in [2.24, 2.45) is 0 Å². The lowest BCUT2D eigenvalue weighted by Crippen LogP contribution is -2.33. The molecule has 0 atom stereocenters. The molecule has 1 aromatic carbocycles. The fraction of sp³-hybridized carbons (Fsp3) is 0.214. The number of H-pyrrole nitrogens is 1. The second-order valence-corrected chi connectivity index (χ2v) is 9.88. The lowest BCUT2D eigenvalue weighted by atomic mass is 10.0. The van der Waals surface area contributed by atoms with Gasteiger partial charge in [-0.25, -0.2) is 9.97 Å². The minimum absolute atomic E-state index is 0.142. The maximum Gasteiger partial charge on any atom is 0.253 e. The van der Waals surface area contributed by atoms with Crippen LogP contribution in [0.1, 0.15) is 28.5 Å². The summed E-state index contributed by atoms with van der Waals surface area (Å²) in [7, 11) is 2.00. The summed E-state index contributed by atoms with van der Waals surface area (Å²) in [6.07, 6.45) is 3.45. The molecule has 2 amide bonds. The van der Waals surface area contributed by atoms with E-state index in [1.54, 1.807) is 12.4 Å². The van der Waals surface area contributed by atoms with E-state index in [0.29, 0.717) is 10.7 Å². The van der Waals surface area contributed by atoms with E-state index in [9.17, 15) is 9.59 Å². The van der Waals surface area contributed by atoms with Crippen molar-refractivity contribution in [2.75, 3.05) is 30.4 Å². The average Bonchev–Trinajstić information content (AvgIpc) is 3.48. The molecule has 0 spiro atoms. The summed E-state index contributed by atoms with van der Waals surface area (Å²) in [5.41, 5.74) is 7.18. The predicted octanol–water partition coefficient (Wildman–Crippen LogP) is 5.20. The first-order valence-electron chi connectivity index (χ1n) is 11.8. The number of pyridine rings is 1. The normalized spacial score (nSPS) is 10.7. The molecule has 3 aromatic heterocycles. The maximum absolute atomic E-state index is 12.4. The average molecular weight is 515 g/mol. The van der Waals surface area contributed by atoms with Gasteiger partial charge in [0.15, 0.2) is 5.13 Å². The third-order valence-electron chi connectivity index (χ3n) is 5.94. The summed E-state index contributed by atoms with van der Waals surface area (Å²) in [6, 6.07) is 12.1. The van der Waals surface area contributed by atoms with Gasteiger partial charge in [0.05, 0.1) is 17.8 Å². The van der Waals surface area contributed by atoms with Gasteiger partial charge in [-0.05, 0) is 55.7 Å². The quantitative estimate of drug-likeness (QED) is 0.267. The second kappa shape index (κ2) is 11.2. The number of aromatic nitrogens is 3. The smallest absolute Gasteiger partial charge is 0.253 e. The molecule has 8 nitrogen and oxygen atoms in total. The molecule has 0 aliphatic heterocycles. The topological polar surface area (TPSA) is 103 Å². The number of anilines is 2. The van der Waals surface area contributed by atoms with Crippen LogP contribution in [0.5, 0.6) is 0 Å². The van der Waals surface area contributed by atoms with E-state index in [-0.39, 0.29) is 18.4 Å². The van der Waals surface area contributed by atoms with Gasteiger partial charge in [-0.1, -0.05) is 30.4 Å². The minimum atomic E-state index is -0.337. The van der Waals surface area contributed by atoms with Gasteiger partial charge in [-0.15, -0.1) is 11.3 Å². The van der Waals surface area contributed by atoms with E-state index in [0.717, 1.165) is 51.6 Å². The van der Waals surface area contributed by atoms with Crippen LogP contribution in [0.25, 0.3) is 22.4 Å². The molecule has 3 N–H and O–H groups in total. The lowest BCUT2D eigenvalue weighted by Gasteiger charge is -2.18. The molecule has 0 aliphatic carbocycles. The Morgan fingerprint density at radius 2 is 1.89 bits per heavy atom. The number of thiazole rings is 1. The third-order valence-corrected chi connectivity index (χ3v) is 6.70. The number of carbonyl (C=O) groups excluding carboxylic acids is 2. The van der Waals surface area contributed by atoms with Gasteiger partial charge in [0.25, 0.3) is 5.91 Å². The van der Waals surface area contributed by atoms with Crippen LogP contribution in [0.15, 0.2) is 66.3 Å². The van der Waals surface area contributed by atoms with Crippen molar-refractivity contribution in [3.05, 3.63) is 83.1 Å². The number of rotatable bonds is 9. The van der Waals surface area contributed by atoms with Crippen molar-refractivity contribution in [1.29, 1.82) is 0 Å². The number of nitrogens with zero attached hydrogens (tertiary/aromatic N) is 3. The molecule has 4 rings (SSSR count). The molecule has 0 aliphatic rings. The Kier molecular flexibility index (Phi) is 7.83. The SMILES string of the molecule is C=C(C)CN(C)c1cc(-c2cccc(-c3csc(NC(=O)CNC(=O)c4c[nH]c(C)c4C)n3)c2)ccn1. The molecule has 4 aromatic rings. The zero-order valence-electron chi connectivity index (χ0n) is 21.4. The summed E-state index contributed by atoms with van der Waals surface area (Å²) in [5.74, 6) is 0.244. The van der Waals surface area contributed by atoms with Crippen LogP contribution in [-0.4, -0.2) is 46.9 Å². The zero-order valence-corrected chi connectivity index (χ0v) is 22.2. The summed E-state index contributed by atoms with van der Waals surface area (Å²) >= 11 is 1.34. The fourth-order valence-electron chi connectivity index (χ4n) is 3.87. The zero-order chi connectivity index (χ0) is 26.5. The molecule has 0 bridgehead atoms. The van der Waals surface area contributed by atoms with Crippen molar-refractivity contribution in [2.45, 2.75) is 20.8 Å². The highest BCUT2D eigenvalue weighted by Gasteiger charge is 2.14. The second-order valence-electron chi connectivity index (χ2n) is 9.02. The van der Waals surface area contributed by atoms with Crippen molar-refractivity contribution in [1.82, 2.24) is 20.3 Å². The van der Waals surface area contributed by atoms with Gasteiger partial charge in [-0.3, -0.25) is 9.59 Å². The summed E-state index contributed by atoms with van der Waals surface area (Å²) in [4.78, 5) is 38.9. The van der Waals surface area contributed by atoms with Crippen molar-refractivity contribution in [3.8, 4) is 22.4 Å². The number of carbonyl (C=O) groups is 2. The minimum Gasteiger partial charge on any atom is -0.364 e. The van der Waals surface area contributed by atoms with Crippen LogP contribution in [0, 0.1) is 13.8 Å². The number of amides is 2. The van der Waals surface area contributed by atoms with E-state index in [4.69, 9.17) is 0 Å². The first-order chi connectivity index (χ1) is 17.7. The highest BCUT2D eigenvalue weighted by atomic mass is 32.1. The molecule has 9 heteroatoms. The van der Waals surface area contributed by atoms with Crippen LogP contribution in [0.4, 0.5) is 10.9 Å². The molecular formula is C28H30N6O2S. The maximum atomic E-state index is 12.4. The molecule has 0 saturated heterocycles. The van der Waals surface area contributed by atoms with Gasteiger partial charge in [0.1, 0.15) is 5.82 Å². The van der Waals surface area contributed by atoms with Gasteiger partial charge < -0.3 is 20.5 Å².